The maximum Gasteiger partial charge on any atom is 0.238 e. The largest absolute Gasteiger partial charge is 0.411 e. The van der Waals surface area contributed by atoms with Crippen LogP contribution in [0.5, 0.6) is 0 Å². The van der Waals surface area contributed by atoms with Gasteiger partial charge in [-0.25, -0.2) is 0 Å². The van der Waals surface area contributed by atoms with Gasteiger partial charge in [0.1, 0.15) is 0 Å². The number of fused-ring (bicyclic) bond motifs is 5. The summed E-state index contributed by atoms with van der Waals surface area (Å²) in [6.07, 6.45) is 5.11. The molecule has 4 atom stereocenters. The summed E-state index contributed by atoms with van der Waals surface area (Å²) in [4.78, 5) is 26.7. The van der Waals surface area contributed by atoms with Crippen LogP contribution in [0.4, 0.5) is 5.69 Å². The predicted molar refractivity (Wildman–Crippen MR) is 80.6 cm³/mol. The highest BCUT2D eigenvalue weighted by atomic mass is 16.4. The summed E-state index contributed by atoms with van der Waals surface area (Å²) < 4.78 is 0. The normalized spacial score (nSPS) is 33.0. The monoisotopic (exact) mass is 296 g/mol. The number of carbonyl (C=O) groups is 2. The molecule has 1 N–H and O–H groups in total. The highest BCUT2D eigenvalue weighted by Crippen LogP contribution is 2.53. The molecule has 2 aliphatic carbocycles. The third-order valence-electron chi connectivity index (χ3n) is 5.16. The van der Waals surface area contributed by atoms with Gasteiger partial charge >= 0.3 is 0 Å². The van der Waals surface area contributed by atoms with Gasteiger partial charge in [-0.3, -0.25) is 14.5 Å². The summed E-state index contributed by atoms with van der Waals surface area (Å²) in [6.45, 7) is 1.69. The van der Waals surface area contributed by atoms with Crippen molar-refractivity contribution in [2.75, 3.05) is 4.90 Å². The van der Waals surface area contributed by atoms with Crippen molar-refractivity contribution < 1.29 is 14.8 Å². The van der Waals surface area contributed by atoms with Crippen LogP contribution in [-0.2, 0) is 9.59 Å². The van der Waals surface area contributed by atoms with Crippen molar-refractivity contribution >= 4 is 23.2 Å². The third-order valence-corrected chi connectivity index (χ3v) is 5.16. The molecule has 2 fully saturated rings. The highest BCUT2D eigenvalue weighted by Gasteiger charge is 2.59. The molecule has 22 heavy (non-hydrogen) atoms. The van der Waals surface area contributed by atoms with E-state index in [1.54, 1.807) is 31.2 Å². The molecule has 2 amide bonds. The van der Waals surface area contributed by atoms with E-state index in [9.17, 15) is 9.59 Å². The fourth-order valence-corrected chi connectivity index (χ4v) is 4.07. The smallest absolute Gasteiger partial charge is 0.238 e. The van der Waals surface area contributed by atoms with Gasteiger partial charge in [-0.05, 0) is 42.9 Å². The molecule has 112 valence electrons. The molecule has 1 saturated carbocycles. The summed E-state index contributed by atoms with van der Waals surface area (Å²) in [7, 11) is 0. The summed E-state index contributed by atoms with van der Waals surface area (Å²) >= 11 is 0. The molecule has 1 aromatic rings. The molecule has 0 radical (unpaired) electrons. The zero-order chi connectivity index (χ0) is 15.4. The van der Waals surface area contributed by atoms with Crippen LogP contribution in [-0.4, -0.2) is 22.7 Å². The molecule has 0 aromatic heterocycles. The lowest BCUT2D eigenvalue weighted by molar-refractivity contribution is -0.123. The molecule has 4 unspecified atom stereocenters. The van der Waals surface area contributed by atoms with E-state index < -0.39 is 0 Å². The minimum absolute atomic E-state index is 0.0767. The van der Waals surface area contributed by atoms with Gasteiger partial charge in [-0.15, -0.1) is 0 Å². The molecule has 3 aliphatic rings. The summed E-state index contributed by atoms with van der Waals surface area (Å²) in [5, 5.41) is 11.9. The molecule has 5 heteroatoms. The number of allylic oxidation sites excluding steroid dienone is 2. The number of oxime groups is 1. The molecule has 1 saturated heterocycles. The molecule has 1 aliphatic heterocycles. The van der Waals surface area contributed by atoms with Crippen molar-refractivity contribution in [3.8, 4) is 0 Å². The Morgan fingerprint density at radius 3 is 2.14 bits per heavy atom. The van der Waals surface area contributed by atoms with Crippen LogP contribution < -0.4 is 4.90 Å². The van der Waals surface area contributed by atoms with Crippen molar-refractivity contribution in [3.63, 3.8) is 0 Å². The van der Waals surface area contributed by atoms with Crippen LogP contribution in [0.15, 0.2) is 41.6 Å². The van der Waals surface area contributed by atoms with Crippen LogP contribution in [0.2, 0.25) is 0 Å². The number of hydrogen-bond acceptors (Lipinski definition) is 4. The van der Waals surface area contributed by atoms with Crippen LogP contribution in [0.3, 0.4) is 0 Å². The predicted octanol–water partition coefficient (Wildman–Crippen LogP) is 2.20. The van der Waals surface area contributed by atoms with Gasteiger partial charge in [0.25, 0.3) is 0 Å². The average Bonchev–Trinajstić information content (AvgIpc) is 3.21. The van der Waals surface area contributed by atoms with Crippen molar-refractivity contribution in [1.82, 2.24) is 0 Å². The number of hydrogen-bond donors (Lipinski definition) is 1. The second-order valence-corrected chi connectivity index (χ2v) is 6.24. The van der Waals surface area contributed by atoms with Crippen LogP contribution in [0, 0.1) is 23.7 Å². The molecular weight excluding hydrogens is 280 g/mol. The minimum atomic E-state index is -0.178. The standard InChI is InChI=1S/C17H16N2O3/c1-9(18-22)10-4-6-13(7-5-10)19-16(20)14-11-2-3-12(8-11)15(14)17(19)21/h2-7,11-12,14-15,22H,8H2,1H3. The lowest BCUT2D eigenvalue weighted by Gasteiger charge is -2.17. The number of carbonyl (C=O) groups excluding carboxylic acids is 2. The van der Waals surface area contributed by atoms with E-state index in [1.807, 2.05) is 0 Å². The fourth-order valence-electron chi connectivity index (χ4n) is 4.07. The molecule has 5 nitrogen and oxygen atoms in total. The Hall–Kier alpha value is -2.43. The van der Waals surface area contributed by atoms with Gasteiger partial charge in [0.15, 0.2) is 0 Å². The van der Waals surface area contributed by atoms with E-state index in [4.69, 9.17) is 5.21 Å². The third kappa shape index (κ3) is 1.62. The summed E-state index contributed by atoms with van der Waals surface area (Å²) in [6, 6.07) is 6.98. The molecular formula is C17H16N2O3. The lowest BCUT2D eigenvalue weighted by Crippen LogP contribution is -2.32. The average molecular weight is 296 g/mol. The maximum atomic E-state index is 12.7. The Bertz CT molecular complexity index is 690. The highest BCUT2D eigenvalue weighted by molar-refractivity contribution is 6.22. The maximum absolute atomic E-state index is 12.7. The second kappa shape index (κ2) is 4.53. The van der Waals surface area contributed by atoms with E-state index >= 15 is 0 Å². The molecule has 0 spiro atoms. The van der Waals surface area contributed by atoms with E-state index in [0.717, 1.165) is 12.0 Å². The van der Waals surface area contributed by atoms with Crippen LogP contribution >= 0.6 is 0 Å². The number of imide groups is 1. The Labute approximate surface area is 127 Å². The van der Waals surface area contributed by atoms with Gasteiger partial charge in [-0.2, -0.15) is 0 Å². The topological polar surface area (TPSA) is 70.0 Å². The first-order chi connectivity index (χ1) is 10.6. The first-order valence-electron chi connectivity index (χ1n) is 7.47. The Balaban J connectivity index is 1.67. The van der Waals surface area contributed by atoms with E-state index in [0.29, 0.717) is 11.4 Å². The van der Waals surface area contributed by atoms with Gasteiger partial charge in [0, 0.05) is 0 Å². The zero-order valence-corrected chi connectivity index (χ0v) is 12.1. The number of anilines is 1. The van der Waals surface area contributed by atoms with Crippen molar-refractivity contribution in [3.05, 3.63) is 42.0 Å². The Morgan fingerprint density at radius 1 is 1.09 bits per heavy atom. The molecule has 1 heterocycles. The van der Waals surface area contributed by atoms with Crippen molar-refractivity contribution in [2.24, 2.45) is 28.8 Å². The number of rotatable bonds is 2. The van der Waals surface area contributed by atoms with E-state index in [-0.39, 0.29) is 35.5 Å². The fraction of sp³-hybridized carbons (Fsp3) is 0.353. The number of benzene rings is 1. The zero-order valence-electron chi connectivity index (χ0n) is 12.1. The molecule has 4 rings (SSSR count). The van der Waals surface area contributed by atoms with Crippen molar-refractivity contribution in [2.45, 2.75) is 13.3 Å². The summed E-state index contributed by atoms with van der Waals surface area (Å²) in [5.74, 6) is -0.0656. The molecule has 1 aromatic carbocycles. The Morgan fingerprint density at radius 2 is 1.64 bits per heavy atom. The van der Waals surface area contributed by atoms with Gasteiger partial charge in [0.05, 0.1) is 23.2 Å². The first kappa shape index (κ1) is 13.2. The lowest BCUT2D eigenvalue weighted by atomic mass is 9.85. The Kier molecular flexibility index (Phi) is 2.73. The quantitative estimate of drug-likeness (QED) is 0.299. The number of amides is 2. The minimum Gasteiger partial charge on any atom is -0.411 e. The van der Waals surface area contributed by atoms with E-state index in [1.165, 1.54) is 4.90 Å². The van der Waals surface area contributed by atoms with Gasteiger partial charge in [-0.1, -0.05) is 29.4 Å². The first-order valence-corrected chi connectivity index (χ1v) is 7.47. The van der Waals surface area contributed by atoms with E-state index in [2.05, 4.69) is 17.3 Å². The van der Waals surface area contributed by atoms with Gasteiger partial charge in [0.2, 0.25) is 11.8 Å². The van der Waals surface area contributed by atoms with Crippen LogP contribution in [0.25, 0.3) is 0 Å². The SMILES string of the molecule is CC(=NO)c1ccc(N2C(=O)C3C4C=CC(C4)C3C2=O)cc1. The van der Waals surface area contributed by atoms with Gasteiger partial charge < -0.3 is 5.21 Å². The van der Waals surface area contributed by atoms with Crippen molar-refractivity contribution in [1.29, 1.82) is 0 Å². The summed E-state index contributed by atoms with van der Waals surface area (Å²) in [5.41, 5.74) is 1.84. The number of nitrogens with zero attached hydrogens (tertiary/aromatic N) is 2. The van der Waals surface area contributed by atoms with Crippen LogP contribution in [0.1, 0.15) is 18.9 Å². The second-order valence-electron chi connectivity index (χ2n) is 6.24. The molecule has 2 bridgehead atoms.